The number of amides is 1. The lowest BCUT2D eigenvalue weighted by atomic mass is 10.1. The highest BCUT2D eigenvalue weighted by molar-refractivity contribution is 5.92. The summed E-state index contributed by atoms with van der Waals surface area (Å²) in [6, 6.07) is 3.85. The van der Waals surface area contributed by atoms with Crippen LogP contribution in [0.2, 0.25) is 0 Å². The van der Waals surface area contributed by atoms with Crippen molar-refractivity contribution in [2.45, 2.75) is 26.0 Å². The number of hydrogen-bond donors (Lipinski definition) is 2. The zero-order valence-electron chi connectivity index (χ0n) is 10.3. The third-order valence-corrected chi connectivity index (χ3v) is 2.97. The number of nitrogens with zero attached hydrogens (tertiary/aromatic N) is 1. The van der Waals surface area contributed by atoms with E-state index in [1.54, 1.807) is 19.2 Å². The first-order chi connectivity index (χ1) is 8.11. The highest BCUT2D eigenvalue weighted by atomic mass is 16.5. The summed E-state index contributed by atoms with van der Waals surface area (Å²) in [4.78, 5) is 15.6. The van der Waals surface area contributed by atoms with Crippen LogP contribution in [0.15, 0.2) is 12.1 Å². The zero-order valence-corrected chi connectivity index (χ0v) is 10.3. The molecular formula is C12H17N3O2. The van der Waals surface area contributed by atoms with Gasteiger partial charge in [-0.05, 0) is 26.0 Å². The number of nitrogens with one attached hydrogen (secondary N) is 2. The molecular weight excluding hydrogens is 218 g/mol. The van der Waals surface area contributed by atoms with Crippen LogP contribution in [0.25, 0.3) is 0 Å². The van der Waals surface area contributed by atoms with Crippen LogP contribution in [-0.4, -0.2) is 36.6 Å². The number of rotatable bonds is 3. The smallest absolute Gasteiger partial charge is 0.269 e. The molecule has 0 aliphatic carbocycles. The first-order valence-electron chi connectivity index (χ1n) is 5.71. The Morgan fingerprint density at radius 1 is 1.59 bits per heavy atom. The molecule has 0 unspecified atom stereocenters. The van der Waals surface area contributed by atoms with Crippen LogP contribution in [0.3, 0.4) is 0 Å². The van der Waals surface area contributed by atoms with Gasteiger partial charge in [0.15, 0.2) is 0 Å². The summed E-state index contributed by atoms with van der Waals surface area (Å²) in [6.07, 6.45) is 0.196. The Bertz CT molecular complexity index is 434. The predicted octanol–water partition coefficient (Wildman–Crippen LogP) is 0.489. The molecule has 92 valence electrons. The summed E-state index contributed by atoms with van der Waals surface area (Å²) in [5.41, 5.74) is 1.15. The van der Waals surface area contributed by atoms with Crippen LogP contribution < -0.4 is 15.4 Å². The molecule has 1 fully saturated rings. The van der Waals surface area contributed by atoms with Crippen molar-refractivity contribution in [2.75, 3.05) is 13.6 Å². The van der Waals surface area contributed by atoms with Crippen molar-refractivity contribution in [3.63, 3.8) is 0 Å². The fourth-order valence-corrected chi connectivity index (χ4v) is 1.68. The summed E-state index contributed by atoms with van der Waals surface area (Å²) >= 11 is 0. The van der Waals surface area contributed by atoms with Gasteiger partial charge in [-0.1, -0.05) is 0 Å². The third kappa shape index (κ3) is 2.39. The lowest BCUT2D eigenvalue weighted by Crippen LogP contribution is -2.58. The normalized spacial score (nSPS) is 22.8. The molecule has 1 aliphatic heterocycles. The van der Waals surface area contributed by atoms with E-state index in [2.05, 4.69) is 22.5 Å². The molecule has 17 heavy (non-hydrogen) atoms. The number of hydrogen-bond acceptors (Lipinski definition) is 4. The van der Waals surface area contributed by atoms with Crippen LogP contribution in [0.4, 0.5) is 0 Å². The maximum absolute atomic E-state index is 11.4. The van der Waals surface area contributed by atoms with E-state index < -0.39 is 0 Å². The Morgan fingerprint density at radius 3 is 2.82 bits per heavy atom. The van der Waals surface area contributed by atoms with Crippen molar-refractivity contribution in [2.24, 2.45) is 0 Å². The molecule has 1 amide bonds. The number of carbonyl (C=O) groups excluding carboxylic acids is 1. The van der Waals surface area contributed by atoms with Gasteiger partial charge in [-0.3, -0.25) is 4.79 Å². The van der Waals surface area contributed by atoms with Crippen LogP contribution in [0, 0.1) is 6.92 Å². The SMILES string of the molecule is CNC(=O)c1ccc(O[C@H]2CN[C@@H]2C)c(C)n1. The molecule has 0 saturated carbocycles. The minimum atomic E-state index is -0.182. The Hall–Kier alpha value is -1.62. The summed E-state index contributed by atoms with van der Waals surface area (Å²) in [5.74, 6) is 0.564. The fraction of sp³-hybridized carbons (Fsp3) is 0.500. The second kappa shape index (κ2) is 4.71. The van der Waals surface area contributed by atoms with E-state index >= 15 is 0 Å². The molecule has 0 bridgehead atoms. The maximum Gasteiger partial charge on any atom is 0.269 e. The molecule has 1 aliphatic rings. The molecule has 0 aromatic carbocycles. The standard InChI is InChI=1S/C12H17N3O2/c1-7-11(6-14-7)17-10-5-4-9(12(16)13-3)15-8(10)2/h4-5,7,11,14H,6H2,1-3H3,(H,13,16)/t7-,11+/m1/s1. The highest BCUT2D eigenvalue weighted by Gasteiger charge is 2.28. The van der Waals surface area contributed by atoms with Crippen LogP contribution >= 0.6 is 0 Å². The monoisotopic (exact) mass is 235 g/mol. The Balaban J connectivity index is 2.11. The van der Waals surface area contributed by atoms with Crippen molar-refractivity contribution in [1.82, 2.24) is 15.6 Å². The van der Waals surface area contributed by atoms with Crippen molar-refractivity contribution in [1.29, 1.82) is 0 Å². The van der Waals surface area contributed by atoms with Crippen LogP contribution in [0.5, 0.6) is 5.75 Å². The highest BCUT2D eigenvalue weighted by Crippen LogP contribution is 2.20. The summed E-state index contributed by atoms with van der Waals surface area (Å²) in [5, 5.41) is 5.77. The van der Waals surface area contributed by atoms with Crippen molar-refractivity contribution in [3.8, 4) is 5.75 Å². The maximum atomic E-state index is 11.4. The molecule has 2 N–H and O–H groups in total. The van der Waals surface area contributed by atoms with E-state index in [0.717, 1.165) is 18.0 Å². The first-order valence-corrected chi connectivity index (χ1v) is 5.71. The number of aromatic nitrogens is 1. The van der Waals surface area contributed by atoms with Gasteiger partial charge in [-0.15, -0.1) is 0 Å². The molecule has 2 heterocycles. The molecule has 2 rings (SSSR count). The van der Waals surface area contributed by atoms with Gasteiger partial charge in [0, 0.05) is 19.6 Å². The van der Waals surface area contributed by atoms with Gasteiger partial charge in [0.1, 0.15) is 17.5 Å². The molecule has 1 aromatic rings. The molecule has 1 aromatic heterocycles. The minimum Gasteiger partial charge on any atom is -0.486 e. The topological polar surface area (TPSA) is 63.2 Å². The largest absolute Gasteiger partial charge is 0.486 e. The lowest BCUT2D eigenvalue weighted by molar-refractivity contribution is 0.0920. The number of aryl methyl sites for hydroxylation is 1. The number of ether oxygens (including phenoxy) is 1. The summed E-state index contributed by atoms with van der Waals surface area (Å²) < 4.78 is 5.81. The van der Waals surface area contributed by atoms with Gasteiger partial charge in [0.25, 0.3) is 5.91 Å². The lowest BCUT2D eigenvalue weighted by Gasteiger charge is -2.35. The van der Waals surface area contributed by atoms with Gasteiger partial charge in [0.05, 0.1) is 5.69 Å². The predicted molar refractivity (Wildman–Crippen MR) is 64.2 cm³/mol. The third-order valence-electron chi connectivity index (χ3n) is 2.97. The average Bonchev–Trinajstić information content (AvgIpc) is 2.34. The number of pyridine rings is 1. The molecule has 0 radical (unpaired) electrons. The van der Waals surface area contributed by atoms with Crippen molar-refractivity contribution in [3.05, 3.63) is 23.5 Å². The Morgan fingerprint density at radius 2 is 2.35 bits per heavy atom. The second-order valence-electron chi connectivity index (χ2n) is 4.21. The van der Waals surface area contributed by atoms with Crippen LogP contribution in [0.1, 0.15) is 23.1 Å². The van der Waals surface area contributed by atoms with Gasteiger partial charge >= 0.3 is 0 Å². The van der Waals surface area contributed by atoms with E-state index in [4.69, 9.17) is 4.74 Å². The summed E-state index contributed by atoms with van der Waals surface area (Å²) in [6.45, 7) is 4.78. The van der Waals surface area contributed by atoms with E-state index in [9.17, 15) is 4.79 Å². The van der Waals surface area contributed by atoms with E-state index in [0.29, 0.717) is 11.7 Å². The Kier molecular flexibility index (Phi) is 3.28. The van der Waals surface area contributed by atoms with Gasteiger partial charge in [0.2, 0.25) is 0 Å². The quantitative estimate of drug-likeness (QED) is 0.800. The van der Waals surface area contributed by atoms with Gasteiger partial charge in [-0.2, -0.15) is 0 Å². The van der Waals surface area contributed by atoms with E-state index in [-0.39, 0.29) is 12.0 Å². The van der Waals surface area contributed by atoms with Crippen molar-refractivity contribution < 1.29 is 9.53 Å². The van der Waals surface area contributed by atoms with E-state index in [1.807, 2.05) is 6.92 Å². The van der Waals surface area contributed by atoms with Crippen LogP contribution in [-0.2, 0) is 0 Å². The molecule has 5 heteroatoms. The average molecular weight is 235 g/mol. The molecule has 1 saturated heterocycles. The van der Waals surface area contributed by atoms with Crippen molar-refractivity contribution >= 4 is 5.91 Å². The van der Waals surface area contributed by atoms with E-state index in [1.165, 1.54) is 0 Å². The minimum absolute atomic E-state index is 0.182. The second-order valence-corrected chi connectivity index (χ2v) is 4.21. The fourth-order valence-electron chi connectivity index (χ4n) is 1.68. The van der Waals surface area contributed by atoms with Gasteiger partial charge in [-0.25, -0.2) is 4.98 Å². The van der Waals surface area contributed by atoms with Gasteiger partial charge < -0.3 is 15.4 Å². The first kappa shape index (κ1) is 11.9. The Labute approximate surface area is 101 Å². The summed E-state index contributed by atoms with van der Waals surface area (Å²) in [7, 11) is 1.59. The molecule has 2 atom stereocenters. The zero-order chi connectivity index (χ0) is 12.4. The molecule has 0 spiro atoms. The molecule has 5 nitrogen and oxygen atoms in total. The number of carbonyl (C=O) groups is 1.